The van der Waals surface area contributed by atoms with Gasteiger partial charge in [0.1, 0.15) is 12.4 Å². The predicted molar refractivity (Wildman–Crippen MR) is 106 cm³/mol. The van der Waals surface area contributed by atoms with Gasteiger partial charge in [-0.15, -0.1) is 11.3 Å². The van der Waals surface area contributed by atoms with Crippen molar-refractivity contribution in [3.8, 4) is 0 Å². The molecular weight excluding hydrogens is 360 g/mol. The van der Waals surface area contributed by atoms with E-state index < -0.39 is 0 Å². The molecule has 0 aliphatic heterocycles. The first-order valence-corrected chi connectivity index (χ1v) is 10.5. The average molecular weight is 387 g/mol. The first kappa shape index (κ1) is 18.4. The van der Waals surface area contributed by atoms with E-state index in [9.17, 15) is 9.90 Å². The molecule has 0 radical (unpaired) electrons. The third-order valence-corrected chi connectivity index (χ3v) is 6.96. The van der Waals surface area contributed by atoms with Crippen molar-refractivity contribution < 1.29 is 9.90 Å². The van der Waals surface area contributed by atoms with E-state index in [1.165, 1.54) is 11.3 Å². The van der Waals surface area contributed by atoms with Gasteiger partial charge in [0, 0.05) is 40.6 Å². The lowest BCUT2D eigenvalue weighted by Crippen LogP contribution is -2.69. The summed E-state index contributed by atoms with van der Waals surface area (Å²) in [6.45, 7) is 1.75. The van der Waals surface area contributed by atoms with E-state index in [2.05, 4.69) is 32.0 Å². The number of thiophene rings is 1. The average Bonchev–Trinajstić information content (AvgIpc) is 3.10. The van der Waals surface area contributed by atoms with Crippen LogP contribution in [-0.4, -0.2) is 33.1 Å². The van der Waals surface area contributed by atoms with E-state index in [-0.39, 0.29) is 24.0 Å². The molecule has 1 spiro atoms. The van der Waals surface area contributed by atoms with Crippen molar-refractivity contribution in [2.24, 2.45) is 5.41 Å². The number of carbonyl (C=O) groups excluding carboxylic acids is 1. The Kier molecular flexibility index (Phi) is 5.14. The number of aliphatic hydroxyl groups excluding tert-OH is 1. The number of aliphatic hydroxyl groups is 1. The lowest BCUT2D eigenvalue weighted by molar-refractivity contribution is -0.127. The minimum atomic E-state index is -0.158. The highest BCUT2D eigenvalue weighted by molar-refractivity contribution is 7.09. The van der Waals surface area contributed by atoms with Gasteiger partial charge in [-0.25, -0.2) is 9.97 Å². The van der Waals surface area contributed by atoms with E-state index in [1.807, 2.05) is 19.1 Å². The molecule has 1 amide bonds. The molecule has 2 aliphatic rings. The molecule has 7 heteroatoms. The summed E-state index contributed by atoms with van der Waals surface area (Å²) < 4.78 is 0. The van der Waals surface area contributed by atoms with Gasteiger partial charge in [0.05, 0.1) is 0 Å². The zero-order valence-corrected chi connectivity index (χ0v) is 16.4. The molecular formula is C20H26N4O2S. The topological polar surface area (TPSA) is 87.1 Å². The van der Waals surface area contributed by atoms with Crippen molar-refractivity contribution in [2.45, 2.75) is 64.1 Å². The second-order valence-electron chi connectivity index (χ2n) is 7.69. The second-order valence-corrected chi connectivity index (χ2v) is 8.72. The van der Waals surface area contributed by atoms with Crippen LogP contribution in [0, 0.1) is 12.3 Å². The summed E-state index contributed by atoms with van der Waals surface area (Å²) in [4.78, 5) is 22.2. The van der Waals surface area contributed by atoms with Crippen molar-refractivity contribution in [3.63, 3.8) is 0 Å². The summed E-state index contributed by atoms with van der Waals surface area (Å²) in [5, 5.41) is 18.2. The van der Waals surface area contributed by atoms with Gasteiger partial charge >= 0.3 is 0 Å². The van der Waals surface area contributed by atoms with Gasteiger partial charge in [-0.05, 0) is 44.1 Å². The predicted octanol–water partition coefficient (Wildman–Crippen LogP) is 2.81. The number of nitrogens with one attached hydrogen (secondary N) is 2. The Balaban J connectivity index is 1.34. The summed E-state index contributed by atoms with van der Waals surface area (Å²) in [6, 6.07) is 6.59. The van der Waals surface area contributed by atoms with Gasteiger partial charge in [0.2, 0.25) is 5.91 Å². The maximum Gasteiger partial charge on any atom is 0.220 e. The third kappa shape index (κ3) is 3.71. The molecule has 2 aromatic heterocycles. The molecule has 2 unspecified atom stereocenters. The third-order valence-electron chi connectivity index (χ3n) is 6.02. The number of rotatable bonds is 7. The lowest BCUT2D eigenvalue weighted by atomic mass is 9.50. The molecule has 2 aromatic rings. The van der Waals surface area contributed by atoms with Crippen molar-refractivity contribution in [1.29, 1.82) is 0 Å². The van der Waals surface area contributed by atoms with E-state index in [0.717, 1.165) is 37.2 Å². The van der Waals surface area contributed by atoms with Gasteiger partial charge in [0.15, 0.2) is 5.82 Å². The van der Waals surface area contributed by atoms with Crippen LogP contribution in [0.4, 0.5) is 5.82 Å². The maximum absolute atomic E-state index is 12.4. The summed E-state index contributed by atoms with van der Waals surface area (Å²) in [7, 11) is 0. The number of carbonyl (C=O) groups is 1. The van der Waals surface area contributed by atoms with Crippen LogP contribution in [0.3, 0.4) is 0 Å². The SMILES string of the molecule is Cc1cc(NC2CC(NC(=O)CCc3cccs3)C23CCC3)nc(CO)n1. The van der Waals surface area contributed by atoms with Crippen molar-refractivity contribution in [1.82, 2.24) is 15.3 Å². The van der Waals surface area contributed by atoms with Crippen LogP contribution in [0.15, 0.2) is 23.6 Å². The lowest BCUT2D eigenvalue weighted by Gasteiger charge is -2.61. The molecule has 2 atom stereocenters. The van der Waals surface area contributed by atoms with Gasteiger partial charge in [-0.3, -0.25) is 4.79 Å². The molecule has 4 rings (SSSR count). The molecule has 144 valence electrons. The van der Waals surface area contributed by atoms with E-state index in [4.69, 9.17) is 0 Å². The summed E-state index contributed by atoms with van der Waals surface area (Å²) in [5.74, 6) is 1.36. The van der Waals surface area contributed by atoms with Crippen molar-refractivity contribution in [3.05, 3.63) is 40.0 Å². The molecule has 0 bridgehead atoms. The zero-order valence-electron chi connectivity index (χ0n) is 15.6. The summed E-state index contributed by atoms with van der Waals surface area (Å²) >= 11 is 1.70. The number of aromatic nitrogens is 2. The molecule has 0 saturated heterocycles. The van der Waals surface area contributed by atoms with Crippen LogP contribution in [0.1, 0.15) is 48.5 Å². The first-order chi connectivity index (χ1) is 13.1. The van der Waals surface area contributed by atoms with Crippen LogP contribution in [-0.2, 0) is 17.8 Å². The number of hydrogen-bond donors (Lipinski definition) is 3. The van der Waals surface area contributed by atoms with E-state index in [1.54, 1.807) is 11.3 Å². The van der Waals surface area contributed by atoms with E-state index in [0.29, 0.717) is 18.3 Å². The van der Waals surface area contributed by atoms with Gasteiger partial charge in [-0.2, -0.15) is 0 Å². The summed E-state index contributed by atoms with van der Waals surface area (Å²) in [5.41, 5.74) is 0.994. The Morgan fingerprint density at radius 1 is 1.37 bits per heavy atom. The standard InChI is InChI=1S/C20H26N4O2S/c1-13-10-17(24-18(12-25)21-13)22-15-11-16(20(15)7-3-8-20)23-19(26)6-5-14-4-2-9-27-14/h2,4,9-10,15-16,25H,3,5-8,11-12H2,1H3,(H,23,26)(H,21,22,24). The molecule has 0 aromatic carbocycles. The molecule has 2 heterocycles. The van der Waals surface area contributed by atoms with Gasteiger partial charge in [0.25, 0.3) is 0 Å². The number of aryl methyl sites for hydroxylation is 2. The number of hydrogen-bond acceptors (Lipinski definition) is 6. The van der Waals surface area contributed by atoms with Crippen LogP contribution < -0.4 is 10.6 Å². The Hall–Kier alpha value is -1.99. The van der Waals surface area contributed by atoms with E-state index >= 15 is 0 Å². The van der Waals surface area contributed by atoms with Gasteiger partial charge in [-0.1, -0.05) is 12.5 Å². The number of nitrogens with zero attached hydrogens (tertiary/aromatic N) is 2. The molecule has 6 nitrogen and oxygen atoms in total. The largest absolute Gasteiger partial charge is 0.388 e. The van der Waals surface area contributed by atoms with Crippen molar-refractivity contribution in [2.75, 3.05) is 5.32 Å². The fraction of sp³-hybridized carbons (Fsp3) is 0.550. The highest BCUT2D eigenvalue weighted by atomic mass is 32.1. The maximum atomic E-state index is 12.4. The molecule has 27 heavy (non-hydrogen) atoms. The number of anilines is 1. The summed E-state index contributed by atoms with van der Waals surface area (Å²) in [6.07, 6.45) is 5.77. The minimum Gasteiger partial charge on any atom is -0.388 e. The second kappa shape index (κ2) is 7.56. The molecule has 3 N–H and O–H groups in total. The molecule has 2 fully saturated rings. The molecule has 2 aliphatic carbocycles. The highest BCUT2D eigenvalue weighted by Crippen LogP contribution is 2.56. The fourth-order valence-corrected chi connectivity index (χ4v) is 5.09. The first-order valence-electron chi connectivity index (χ1n) is 9.63. The van der Waals surface area contributed by atoms with Crippen molar-refractivity contribution >= 4 is 23.1 Å². The van der Waals surface area contributed by atoms with Crippen LogP contribution in [0.2, 0.25) is 0 Å². The van der Waals surface area contributed by atoms with Crippen LogP contribution in [0.25, 0.3) is 0 Å². The Morgan fingerprint density at radius 3 is 2.89 bits per heavy atom. The van der Waals surface area contributed by atoms with Crippen LogP contribution in [0.5, 0.6) is 0 Å². The normalized spacial score (nSPS) is 22.7. The smallest absolute Gasteiger partial charge is 0.220 e. The number of amides is 1. The Bertz CT molecular complexity index is 804. The Labute approximate surface area is 163 Å². The molecule has 2 saturated carbocycles. The van der Waals surface area contributed by atoms with Gasteiger partial charge < -0.3 is 15.7 Å². The quantitative estimate of drug-likeness (QED) is 0.681. The fourth-order valence-electron chi connectivity index (χ4n) is 4.39. The Morgan fingerprint density at radius 2 is 2.22 bits per heavy atom. The minimum absolute atomic E-state index is 0.150. The van der Waals surface area contributed by atoms with Crippen LogP contribution >= 0.6 is 11.3 Å². The monoisotopic (exact) mass is 386 g/mol. The highest BCUT2D eigenvalue weighted by Gasteiger charge is 2.58. The zero-order chi connectivity index (χ0) is 18.9.